The first-order valence-corrected chi connectivity index (χ1v) is 12.6. The maximum Gasteiger partial charge on any atom is 0.258 e. The van der Waals surface area contributed by atoms with E-state index in [-0.39, 0.29) is 17.4 Å². The highest BCUT2D eigenvalue weighted by Crippen LogP contribution is 2.30. The van der Waals surface area contributed by atoms with E-state index < -0.39 is 0 Å². The lowest BCUT2D eigenvalue weighted by atomic mass is 10.1. The summed E-state index contributed by atoms with van der Waals surface area (Å²) in [5, 5.41) is 10.6. The number of fused-ring (bicyclic) bond motifs is 1. The second kappa shape index (κ2) is 9.85. The van der Waals surface area contributed by atoms with Gasteiger partial charge < -0.3 is 4.98 Å². The van der Waals surface area contributed by atoms with Crippen molar-refractivity contribution in [1.82, 2.24) is 29.6 Å². The van der Waals surface area contributed by atoms with Crippen molar-refractivity contribution in [3.05, 3.63) is 75.3 Å². The molecule has 7 nitrogen and oxygen atoms in total. The molecule has 0 amide bonds. The van der Waals surface area contributed by atoms with Crippen molar-refractivity contribution in [3.63, 3.8) is 0 Å². The van der Waals surface area contributed by atoms with Gasteiger partial charge in [0.25, 0.3) is 5.56 Å². The minimum absolute atomic E-state index is 0.0653. The Morgan fingerprint density at radius 2 is 1.88 bits per heavy atom. The number of nitrogens with zero attached hydrogens (tertiary/aromatic N) is 5. The highest BCUT2D eigenvalue weighted by molar-refractivity contribution is 7.98. The average Bonchev–Trinajstić information content (AvgIpc) is 3.27. The third-order valence-electron chi connectivity index (χ3n) is 6.11. The van der Waals surface area contributed by atoms with E-state index >= 15 is 0 Å². The molecule has 2 aromatic heterocycles. The molecule has 0 spiro atoms. The number of halogens is 2. The van der Waals surface area contributed by atoms with Gasteiger partial charge in [-0.3, -0.25) is 14.3 Å². The molecule has 1 unspecified atom stereocenters. The molecule has 0 aliphatic carbocycles. The fourth-order valence-corrected chi connectivity index (χ4v) is 5.31. The summed E-state index contributed by atoms with van der Waals surface area (Å²) in [5.74, 6) is 1.44. The van der Waals surface area contributed by atoms with Gasteiger partial charge in [0.15, 0.2) is 11.0 Å². The number of rotatable bonds is 6. The lowest BCUT2D eigenvalue weighted by Crippen LogP contribution is -2.33. The number of hydrogen-bond donors (Lipinski definition) is 1. The van der Waals surface area contributed by atoms with Crippen molar-refractivity contribution in [2.75, 3.05) is 13.1 Å². The van der Waals surface area contributed by atoms with Crippen LogP contribution in [0.25, 0.3) is 16.6 Å². The van der Waals surface area contributed by atoms with Crippen molar-refractivity contribution >= 4 is 34.3 Å². The van der Waals surface area contributed by atoms with Gasteiger partial charge in [0.1, 0.15) is 11.6 Å². The van der Waals surface area contributed by atoms with Gasteiger partial charge in [0.05, 0.1) is 22.7 Å². The molecule has 4 aromatic rings. The number of H-pyrrole nitrogens is 1. The minimum Gasteiger partial charge on any atom is -0.309 e. The molecule has 1 atom stereocenters. The number of thioether (sulfide) groups is 1. The molecule has 1 saturated heterocycles. The van der Waals surface area contributed by atoms with Crippen LogP contribution in [0.15, 0.2) is 52.4 Å². The van der Waals surface area contributed by atoms with E-state index in [2.05, 4.69) is 32.0 Å². The quantitative estimate of drug-likeness (QED) is 0.371. The summed E-state index contributed by atoms with van der Waals surface area (Å²) in [6.07, 6.45) is 3.59. The zero-order valence-electron chi connectivity index (χ0n) is 18.7. The van der Waals surface area contributed by atoms with Crippen LogP contribution in [0.2, 0.25) is 5.02 Å². The van der Waals surface area contributed by atoms with Crippen LogP contribution in [0.4, 0.5) is 4.39 Å². The van der Waals surface area contributed by atoms with Gasteiger partial charge in [0, 0.05) is 10.7 Å². The summed E-state index contributed by atoms with van der Waals surface area (Å²) in [7, 11) is 0. The Morgan fingerprint density at radius 1 is 1.12 bits per heavy atom. The predicted molar refractivity (Wildman–Crippen MR) is 132 cm³/mol. The van der Waals surface area contributed by atoms with E-state index in [0.717, 1.165) is 24.6 Å². The van der Waals surface area contributed by atoms with E-state index in [0.29, 0.717) is 32.7 Å². The lowest BCUT2D eigenvalue weighted by molar-refractivity contribution is 0.167. The molecule has 5 rings (SSSR count). The highest BCUT2D eigenvalue weighted by atomic mass is 35.5. The maximum absolute atomic E-state index is 13.6. The standard InChI is InChI=1S/C24H24ClFN6OS/c1-15(31-11-3-2-4-12-31)22-29-30-24(32(22)18-8-6-17(26)7-9-18)34-14-21-27-20-10-5-16(25)13-19(20)23(33)28-21/h5-10,13,15H,2-4,11-12,14H2,1H3,(H,27,28,33). The highest BCUT2D eigenvalue weighted by Gasteiger charge is 2.25. The van der Waals surface area contributed by atoms with E-state index in [4.69, 9.17) is 11.6 Å². The van der Waals surface area contributed by atoms with Crippen molar-refractivity contribution in [3.8, 4) is 5.69 Å². The maximum atomic E-state index is 13.6. The molecule has 1 fully saturated rings. The Hall–Kier alpha value is -2.75. The molecular weight excluding hydrogens is 475 g/mol. The van der Waals surface area contributed by atoms with Crippen LogP contribution in [-0.4, -0.2) is 42.7 Å². The van der Waals surface area contributed by atoms with Crippen molar-refractivity contribution in [2.45, 2.75) is 43.1 Å². The molecule has 1 N–H and O–H groups in total. The Kier molecular flexibility index (Phi) is 6.67. The van der Waals surface area contributed by atoms with Crippen LogP contribution in [0.3, 0.4) is 0 Å². The molecule has 34 heavy (non-hydrogen) atoms. The van der Waals surface area contributed by atoms with Gasteiger partial charge in [-0.25, -0.2) is 9.37 Å². The zero-order valence-corrected chi connectivity index (χ0v) is 20.2. The monoisotopic (exact) mass is 498 g/mol. The van der Waals surface area contributed by atoms with Gasteiger partial charge in [-0.1, -0.05) is 29.8 Å². The first-order valence-electron chi connectivity index (χ1n) is 11.3. The second-order valence-electron chi connectivity index (χ2n) is 8.39. The Labute approximate surface area is 205 Å². The van der Waals surface area contributed by atoms with Crippen LogP contribution in [-0.2, 0) is 5.75 Å². The van der Waals surface area contributed by atoms with E-state index in [1.165, 1.54) is 43.2 Å². The van der Waals surface area contributed by atoms with Gasteiger partial charge in [-0.05, 0) is 75.3 Å². The topological polar surface area (TPSA) is 79.7 Å². The molecule has 3 heterocycles. The predicted octanol–water partition coefficient (Wildman–Crippen LogP) is 5.14. The molecule has 176 valence electrons. The van der Waals surface area contributed by atoms with Gasteiger partial charge in [-0.2, -0.15) is 0 Å². The first-order chi connectivity index (χ1) is 16.5. The smallest absolute Gasteiger partial charge is 0.258 e. The van der Waals surface area contributed by atoms with Crippen molar-refractivity contribution in [1.29, 1.82) is 0 Å². The number of likely N-dealkylation sites (tertiary alicyclic amines) is 1. The fraction of sp³-hybridized carbons (Fsp3) is 0.333. The van der Waals surface area contributed by atoms with Crippen molar-refractivity contribution < 1.29 is 4.39 Å². The average molecular weight is 499 g/mol. The normalized spacial score (nSPS) is 15.6. The molecule has 1 aliphatic heterocycles. The SMILES string of the molecule is CC(c1nnc(SCc2nc3ccc(Cl)cc3c(=O)[nH]2)n1-c1ccc(F)cc1)N1CCCCC1. The number of benzene rings is 2. The summed E-state index contributed by atoms with van der Waals surface area (Å²) in [5.41, 5.74) is 1.15. The summed E-state index contributed by atoms with van der Waals surface area (Å²) in [6.45, 7) is 4.18. The second-order valence-corrected chi connectivity index (χ2v) is 9.77. The molecule has 2 aromatic carbocycles. The number of hydrogen-bond acceptors (Lipinski definition) is 6. The lowest BCUT2D eigenvalue weighted by Gasteiger charge is -2.31. The summed E-state index contributed by atoms with van der Waals surface area (Å²) in [6, 6.07) is 11.5. The molecule has 1 aliphatic rings. The summed E-state index contributed by atoms with van der Waals surface area (Å²) >= 11 is 7.43. The zero-order chi connectivity index (χ0) is 23.7. The van der Waals surface area contributed by atoms with Crippen LogP contribution >= 0.6 is 23.4 Å². The van der Waals surface area contributed by atoms with Crippen LogP contribution in [0, 0.1) is 5.82 Å². The van der Waals surface area contributed by atoms with Crippen LogP contribution in [0.5, 0.6) is 0 Å². The molecule has 0 radical (unpaired) electrons. The van der Waals surface area contributed by atoms with Gasteiger partial charge in [-0.15, -0.1) is 10.2 Å². The third-order valence-corrected chi connectivity index (χ3v) is 7.28. The molecule has 10 heteroatoms. The molecule has 0 saturated carbocycles. The third kappa shape index (κ3) is 4.73. The Balaban J connectivity index is 1.47. The molecule has 0 bridgehead atoms. The van der Waals surface area contributed by atoms with Crippen molar-refractivity contribution in [2.24, 2.45) is 0 Å². The number of aromatic nitrogens is 5. The van der Waals surface area contributed by atoms with E-state index in [9.17, 15) is 9.18 Å². The summed E-state index contributed by atoms with van der Waals surface area (Å²) in [4.78, 5) is 22.3. The van der Waals surface area contributed by atoms with Crippen LogP contribution < -0.4 is 5.56 Å². The number of nitrogens with one attached hydrogen (secondary N) is 1. The Morgan fingerprint density at radius 3 is 2.65 bits per heavy atom. The van der Waals surface area contributed by atoms with Gasteiger partial charge in [0.2, 0.25) is 0 Å². The Bertz CT molecular complexity index is 1370. The van der Waals surface area contributed by atoms with Crippen LogP contribution in [0.1, 0.15) is 43.9 Å². The minimum atomic E-state index is -0.297. The summed E-state index contributed by atoms with van der Waals surface area (Å²) < 4.78 is 15.6. The van der Waals surface area contributed by atoms with E-state index in [1.54, 1.807) is 30.3 Å². The first kappa shape index (κ1) is 23.0. The van der Waals surface area contributed by atoms with E-state index in [1.807, 2.05) is 4.57 Å². The van der Waals surface area contributed by atoms with Gasteiger partial charge >= 0.3 is 0 Å². The molecular formula is C24H24ClFN6OS. The largest absolute Gasteiger partial charge is 0.309 e. The number of aromatic amines is 1. The number of piperidine rings is 1. The fourth-order valence-electron chi connectivity index (χ4n) is 4.31.